The van der Waals surface area contributed by atoms with Crippen LogP contribution in [0.4, 0.5) is 5.69 Å². The van der Waals surface area contributed by atoms with Crippen LogP contribution in [-0.4, -0.2) is 31.7 Å². The van der Waals surface area contributed by atoms with Crippen molar-refractivity contribution in [3.8, 4) is 0 Å². The molecule has 1 aromatic heterocycles. The molecule has 1 fully saturated rings. The molecule has 1 aliphatic carbocycles. The van der Waals surface area contributed by atoms with E-state index in [-0.39, 0.29) is 34.6 Å². The van der Waals surface area contributed by atoms with Gasteiger partial charge in [-0.25, -0.2) is 9.89 Å². The van der Waals surface area contributed by atoms with Crippen molar-refractivity contribution < 1.29 is 9.59 Å². The van der Waals surface area contributed by atoms with E-state index in [1.807, 2.05) is 13.8 Å². The van der Waals surface area contributed by atoms with E-state index in [1.54, 1.807) is 35.8 Å². The monoisotopic (exact) mass is 374 g/mol. The van der Waals surface area contributed by atoms with Crippen LogP contribution in [0.5, 0.6) is 0 Å². The number of ketones is 1. The van der Waals surface area contributed by atoms with Gasteiger partial charge >= 0.3 is 5.69 Å². The van der Waals surface area contributed by atoms with Gasteiger partial charge in [-0.3, -0.25) is 14.2 Å². The average Bonchev–Trinajstić information content (AvgIpc) is 3.38. The summed E-state index contributed by atoms with van der Waals surface area (Å²) in [5, 5.41) is 9.48. The Hall–Kier alpha value is -2.35. The Morgan fingerprint density at radius 3 is 2.46 bits per heavy atom. The number of H-pyrrole nitrogens is 1. The summed E-state index contributed by atoms with van der Waals surface area (Å²) < 4.78 is 1.64. The van der Waals surface area contributed by atoms with Crippen LogP contribution in [0.1, 0.15) is 50.0 Å². The standard InChI is InChI=1S/C18H22N4O3S/c1-10(2)16(24)19-13-6-4-12(5-7-13)15(23)11(3)26-18-21-20-17(25)22(18)14-8-9-14/h4-7,10-11,14H,8-9H2,1-3H3,(H,19,24)(H,20,25)/t11-/m1/s1. The number of nitrogens with zero attached hydrogens (tertiary/aromatic N) is 2. The zero-order valence-electron chi connectivity index (χ0n) is 15.0. The number of carbonyl (C=O) groups is 2. The van der Waals surface area contributed by atoms with Gasteiger partial charge in [-0.2, -0.15) is 0 Å². The van der Waals surface area contributed by atoms with Crippen LogP contribution in [0, 0.1) is 5.92 Å². The highest BCUT2D eigenvalue weighted by Gasteiger charge is 2.30. The van der Waals surface area contributed by atoms with Crippen molar-refractivity contribution in [2.24, 2.45) is 5.92 Å². The summed E-state index contributed by atoms with van der Waals surface area (Å²) >= 11 is 1.28. The average molecular weight is 374 g/mol. The van der Waals surface area contributed by atoms with Crippen molar-refractivity contribution in [2.45, 2.75) is 50.1 Å². The predicted molar refractivity (Wildman–Crippen MR) is 101 cm³/mol. The molecule has 0 unspecified atom stereocenters. The van der Waals surface area contributed by atoms with Crippen LogP contribution in [0.15, 0.2) is 34.2 Å². The molecule has 0 saturated heterocycles. The number of thioether (sulfide) groups is 1. The molecule has 1 aliphatic rings. The molecular formula is C18H22N4O3S. The van der Waals surface area contributed by atoms with E-state index < -0.39 is 0 Å². The van der Waals surface area contributed by atoms with Crippen molar-refractivity contribution in [2.75, 3.05) is 5.32 Å². The highest BCUT2D eigenvalue weighted by Crippen LogP contribution is 2.37. The quantitative estimate of drug-likeness (QED) is 0.574. The van der Waals surface area contributed by atoms with Crippen molar-refractivity contribution in [3.05, 3.63) is 40.3 Å². The maximum Gasteiger partial charge on any atom is 0.344 e. The molecule has 8 heteroatoms. The van der Waals surface area contributed by atoms with Gasteiger partial charge in [0.25, 0.3) is 0 Å². The van der Waals surface area contributed by atoms with E-state index in [2.05, 4.69) is 15.5 Å². The maximum atomic E-state index is 12.7. The molecule has 1 amide bonds. The fourth-order valence-electron chi connectivity index (χ4n) is 2.48. The van der Waals surface area contributed by atoms with E-state index in [9.17, 15) is 14.4 Å². The highest BCUT2D eigenvalue weighted by molar-refractivity contribution is 8.00. The molecule has 0 radical (unpaired) electrons. The van der Waals surface area contributed by atoms with Crippen molar-refractivity contribution >= 4 is 29.1 Å². The first kappa shape index (κ1) is 18.4. The summed E-state index contributed by atoms with van der Waals surface area (Å²) in [5.74, 6) is -0.218. The molecule has 1 heterocycles. The lowest BCUT2D eigenvalue weighted by molar-refractivity contribution is -0.118. The fraction of sp³-hybridized carbons (Fsp3) is 0.444. The number of rotatable bonds is 7. The summed E-state index contributed by atoms with van der Waals surface area (Å²) in [6, 6.07) is 7.05. The van der Waals surface area contributed by atoms with E-state index >= 15 is 0 Å². The van der Waals surface area contributed by atoms with Crippen molar-refractivity contribution in [1.29, 1.82) is 0 Å². The third-order valence-electron chi connectivity index (χ3n) is 4.20. The van der Waals surface area contributed by atoms with E-state index in [0.717, 1.165) is 12.8 Å². The Kier molecular flexibility index (Phi) is 5.31. The summed E-state index contributed by atoms with van der Waals surface area (Å²) in [5.41, 5.74) is 0.999. The second kappa shape index (κ2) is 7.49. The molecule has 26 heavy (non-hydrogen) atoms. The van der Waals surface area contributed by atoms with E-state index in [1.165, 1.54) is 11.8 Å². The number of Topliss-reactive ketones (excluding diaryl/α,β-unsaturated/α-hetero) is 1. The Morgan fingerprint density at radius 1 is 1.23 bits per heavy atom. The van der Waals surface area contributed by atoms with Crippen LogP contribution >= 0.6 is 11.8 Å². The number of hydrogen-bond acceptors (Lipinski definition) is 5. The molecule has 0 aliphatic heterocycles. The Bertz CT molecular complexity index is 865. The third-order valence-corrected chi connectivity index (χ3v) is 5.26. The van der Waals surface area contributed by atoms with Gasteiger partial charge in [-0.1, -0.05) is 25.6 Å². The first-order valence-electron chi connectivity index (χ1n) is 8.65. The Balaban J connectivity index is 1.67. The van der Waals surface area contributed by atoms with Crippen LogP contribution < -0.4 is 11.0 Å². The normalized spacial score (nSPS) is 15.1. The number of aromatic nitrogens is 3. The molecule has 2 aromatic rings. The summed E-state index contributed by atoms with van der Waals surface area (Å²) in [4.78, 5) is 36.2. The van der Waals surface area contributed by atoms with Crippen molar-refractivity contribution in [1.82, 2.24) is 14.8 Å². The third kappa shape index (κ3) is 4.07. The van der Waals surface area contributed by atoms with Crippen LogP contribution in [-0.2, 0) is 4.79 Å². The number of benzene rings is 1. The first-order valence-corrected chi connectivity index (χ1v) is 9.53. The second-order valence-electron chi connectivity index (χ2n) is 6.76. The minimum atomic E-state index is -0.376. The van der Waals surface area contributed by atoms with Crippen LogP contribution in [0.3, 0.4) is 0 Å². The summed E-state index contributed by atoms with van der Waals surface area (Å²) in [6.07, 6.45) is 1.94. The second-order valence-corrected chi connectivity index (χ2v) is 8.07. The summed E-state index contributed by atoms with van der Waals surface area (Å²) in [7, 11) is 0. The molecule has 138 valence electrons. The fourth-order valence-corrected chi connectivity index (χ4v) is 3.48. The summed E-state index contributed by atoms with van der Waals surface area (Å²) in [6.45, 7) is 5.45. The van der Waals surface area contributed by atoms with E-state index in [0.29, 0.717) is 16.4 Å². The largest absolute Gasteiger partial charge is 0.344 e. The molecule has 3 rings (SSSR count). The zero-order chi connectivity index (χ0) is 18.8. The number of aromatic amines is 1. The van der Waals surface area contributed by atoms with Gasteiger partial charge in [0, 0.05) is 23.2 Å². The Morgan fingerprint density at radius 2 is 1.88 bits per heavy atom. The lowest BCUT2D eigenvalue weighted by Crippen LogP contribution is -2.19. The molecule has 1 atom stereocenters. The van der Waals surface area contributed by atoms with Gasteiger partial charge in [0.15, 0.2) is 10.9 Å². The van der Waals surface area contributed by atoms with Gasteiger partial charge in [0.05, 0.1) is 5.25 Å². The molecular weight excluding hydrogens is 352 g/mol. The molecule has 0 bridgehead atoms. The number of carbonyl (C=O) groups excluding carboxylic acids is 2. The number of amides is 1. The molecule has 7 nitrogen and oxygen atoms in total. The lowest BCUT2D eigenvalue weighted by atomic mass is 10.1. The smallest absolute Gasteiger partial charge is 0.326 e. The van der Waals surface area contributed by atoms with Gasteiger partial charge in [-0.15, -0.1) is 5.10 Å². The number of nitrogens with one attached hydrogen (secondary N) is 2. The van der Waals surface area contributed by atoms with E-state index in [4.69, 9.17) is 0 Å². The topological polar surface area (TPSA) is 96.8 Å². The van der Waals surface area contributed by atoms with Crippen molar-refractivity contribution in [3.63, 3.8) is 0 Å². The molecule has 2 N–H and O–H groups in total. The van der Waals surface area contributed by atoms with Crippen LogP contribution in [0.25, 0.3) is 0 Å². The van der Waals surface area contributed by atoms with Gasteiger partial charge in [0.1, 0.15) is 0 Å². The van der Waals surface area contributed by atoms with Gasteiger partial charge in [-0.05, 0) is 44.0 Å². The highest BCUT2D eigenvalue weighted by atomic mass is 32.2. The van der Waals surface area contributed by atoms with Gasteiger partial charge in [0.2, 0.25) is 5.91 Å². The lowest BCUT2D eigenvalue weighted by Gasteiger charge is -2.11. The van der Waals surface area contributed by atoms with Gasteiger partial charge < -0.3 is 5.32 Å². The molecule has 1 aromatic carbocycles. The van der Waals surface area contributed by atoms with Crippen LogP contribution in [0.2, 0.25) is 0 Å². The zero-order valence-corrected chi connectivity index (χ0v) is 15.8. The Labute approximate surface area is 155 Å². The minimum absolute atomic E-state index is 0.0467. The first-order chi connectivity index (χ1) is 12.4. The maximum absolute atomic E-state index is 12.7. The number of hydrogen-bond donors (Lipinski definition) is 2. The number of anilines is 1. The minimum Gasteiger partial charge on any atom is -0.326 e. The molecule has 0 spiro atoms. The molecule has 1 saturated carbocycles. The predicted octanol–water partition coefficient (Wildman–Crippen LogP) is 2.86. The SMILES string of the molecule is CC(C)C(=O)Nc1ccc(C(=O)[C@@H](C)Sc2n[nH]c(=O)n2C2CC2)cc1.